The van der Waals surface area contributed by atoms with Gasteiger partial charge in [0.05, 0.1) is 6.42 Å². The molecular weight excluding hydrogens is 142 g/mol. The van der Waals surface area contributed by atoms with Crippen LogP contribution in [-0.4, -0.2) is 24.2 Å². The van der Waals surface area contributed by atoms with Crippen LogP contribution in [0.25, 0.3) is 0 Å². The molecule has 1 unspecified atom stereocenters. The van der Waals surface area contributed by atoms with Crippen molar-refractivity contribution in [2.24, 2.45) is 5.92 Å². The molecule has 3 nitrogen and oxygen atoms in total. The Balaban J connectivity index is 3.66. The third-order valence-corrected chi connectivity index (χ3v) is 1.59. The van der Waals surface area contributed by atoms with Crippen LogP contribution in [0.3, 0.4) is 0 Å². The number of hydrogen-bond acceptors (Lipinski definition) is 2. The lowest BCUT2D eigenvalue weighted by Crippen LogP contribution is -2.29. The van der Waals surface area contributed by atoms with E-state index < -0.39 is 5.97 Å². The topological polar surface area (TPSA) is 49.3 Å². The zero-order valence-corrected chi connectivity index (χ0v) is 7.42. The van der Waals surface area contributed by atoms with Crippen LogP contribution in [0.5, 0.6) is 0 Å². The normalized spacial score (nSPS) is 13.5. The van der Waals surface area contributed by atoms with Gasteiger partial charge in [0.25, 0.3) is 0 Å². The quantitative estimate of drug-likeness (QED) is 0.631. The molecule has 0 saturated heterocycles. The maximum absolute atomic E-state index is 10.3. The first-order valence-corrected chi connectivity index (χ1v) is 3.95. The van der Waals surface area contributed by atoms with Gasteiger partial charge < -0.3 is 10.4 Å². The maximum Gasteiger partial charge on any atom is 0.304 e. The Hall–Kier alpha value is -0.570. The summed E-state index contributed by atoms with van der Waals surface area (Å²) in [6.07, 6.45) is 1.14. The van der Waals surface area contributed by atoms with Gasteiger partial charge in [-0.1, -0.05) is 13.8 Å². The van der Waals surface area contributed by atoms with Crippen molar-refractivity contribution in [2.45, 2.75) is 32.7 Å². The second kappa shape index (κ2) is 5.13. The smallest absolute Gasteiger partial charge is 0.304 e. The van der Waals surface area contributed by atoms with Gasteiger partial charge >= 0.3 is 5.97 Å². The van der Waals surface area contributed by atoms with Gasteiger partial charge in [-0.05, 0) is 19.4 Å². The van der Waals surface area contributed by atoms with Gasteiger partial charge in [0, 0.05) is 6.04 Å². The fraction of sp³-hybridized carbons (Fsp3) is 0.875. The van der Waals surface area contributed by atoms with Gasteiger partial charge in [-0.2, -0.15) is 0 Å². The number of carboxylic acids is 1. The lowest BCUT2D eigenvalue weighted by molar-refractivity contribution is -0.137. The predicted molar refractivity (Wildman–Crippen MR) is 44.6 cm³/mol. The Bertz CT molecular complexity index is 123. The summed E-state index contributed by atoms with van der Waals surface area (Å²) >= 11 is 0. The second-order valence-electron chi connectivity index (χ2n) is 3.21. The van der Waals surface area contributed by atoms with Crippen LogP contribution in [0.15, 0.2) is 0 Å². The van der Waals surface area contributed by atoms with E-state index >= 15 is 0 Å². The number of rotatable bonds is 5. The van der Waals surface area contributed by atoms with Crippen molar-refractivity contribution in [3.8, 4) is 0 Å². The minimum Gasteiger partial charge on any atom is -0.481 e. The molecule has 0 saturated carbocycles. The molecule has 0 amide bonds. The molecule has 0 spiro atoms. The molecule has 3 heteroatoms. The summed E-state index contributed by atoms with van der Waals surface area (Å²) in [4.78, 5) is 10.3. The Kier molecular flexibility index (Phi) is 4.86. The largest absolute Gasteiger partial charge is 0.481 e. The third kappa shape index (κ3) is 5.85. The van der Waals surface area contributed by atoms with Crippen molar-refractivity contribution >= 4 is 5.97 Å². The van der Waals surface area contributed by atoms with Crippen LogP contribution >= 0.6 is 0 Å². The molecule has 0 fully saturated rings. The first kappa shape index (κ1) is 10.4. The molecule has 0 radical (unpaired) electrons. The molecule has 0 aromatic carbocycles. The van der Waals surface area contributed by atoms with Gasteiger partial charge in [0.15, 0.2) is 0 Å². The first-order chi connectivity index (χ1) is 5.06. The molecule has 0 aliphatic rings. The van der Waals surface area contributed by atoms with Crippen LogP contribution in [0.1, 0.15) is 26.7 Å². The van der Waals surface area contributed by atoms with E-state index in [1.54, 1.807) is 7.05 Å². The Morgan fingerprint density at radius 2 is 2.09 bits per heavy atom. The molecular formula is C8H17NO2. The average Bonchev–Trinajstić information content (AvgIpc) is 1.84. The minimum absolute atomic E-state index is 0.118. The van der Waals surface area contributed by atoms with E-state index in [2.05, 4.69) is 19.2 Å². The van der Waals surface area contributed by atoms with Crippen molar-refractivity contribution in [1.29, 1.82) is 0 Å². The molecule has 1 atom stereocenters. The van der Waals surface area contributed by atoms with E-state index in [0.29, 0.717) is 5.92 Å². The van der Waals surface area contributed by atoms with E-state index in [9.17, 15) is 4.79 Å². The molecule has 11 heavy (non-hydrogen) atoms. The number of aliphatic carboxylic acids is 1. The van der Waals surface area contributed by atoms with Crippen LogP contribution in [0, 0.1) is 5.92 Å². The summed E-state index contributed by atoms with van der Waals surface area (Å²) < 4.78 is 0. The van der Waals surface area contributed by atoms with E-state index in [4.69, 9.17) is 5.11 Å². The summed E-state index contributed by atoms with van der Waals surface area (Å²) in [6, 6.07) is 0.118. The zero-order valence-electron chi connectivity index (χ0n) is 7.42. The maximum atomic E-state index is 10.3. The zero-order chi connectivity index (χ0) is 8.85. The molecule has 0 rings (SSSR count). The highest BCUT2D eigenvalue weighted by molar-refractivity contribution is 5.67. The minimum atomic E-state index is -0.731. The van der Waals surface area contributed by atoms with Crippen molar-refractivity contribution in [3.05, 3.63) is 0 Å². The van der Waals surface area contributed by atoms with Gasteiger partial charge in [-0.3, -0.25) is 4.79 Å². The van der Waals surface area contributed by atoms with Crippen molar-refractivity contribution in [3.63, 3.8) is 0 Å². The fourth-order valence-corrected chi connectivity index (χ4v) is 1.08. The van der Waals surface area contributed by atoms with Crippen molar-refractivity contribution in [1.82, 2.24) is 5.32 Å². The Morgan fingerprint density at radius 3 is 2.36 bits per heavy atom. The van der Waals surface area contributed by atoms with E-state index in [0.717, 1.165) is 6.42 Å². The van der Waals surface area contributed by atoms with Crippen molar-refractivity contribution < 1.29 is 9.90 Å². The number of carbonyl (C=O) groups is 1. The van der Waals surface area contributed by atoms with Gasteiger partial charge in [0.1, 0.15) is 0 Å². The van der Waals surface area contributed by atoms with Crippen LogP contribution in [0.2, 0.25) is 0 Å². The Morgan fingerprint density at radius 1 is 1.55 bits per heavy atom. The lowest BCUT2D eigenvalue weighted by atomic mass is 10.0. The van der Waals surface area contributed by atoms with E-state index in [1.165, 1.54) is 0 Å². The van der Waals surface area contributed by atoms with E-state index in [1.807, 2.05) is 0 Å². The van der Waals surface area contributed by atoms with Crippen molar-refractivity contribution in [2.75, 3.05) is 7.05 Å². The average molecular weight is 159 g/mol. The highest BCUT2D eigenvalue weighted by Crippen LogP contribution is 2.06. The summed E-state index contributed by atoms with van der Waals surface area (Å²) in [5, 5.41) is 11.5. The highest BCUT2D eigenvalue weighted by Gasteiger charge is 2.11. The summed E-state index contributed by atoms with van der Waals surface area (Å²) in [5.41, 5.74) is 0. The molecule has 0 aliphatic carbocycles. The first-order valence-electron chi connectivity index (χ1n) is 3.95. The van der Waals surface area contributed by atoms with Gasteiger partial charge in [0.2, 0.25) is 0 Å². The standard InChI is InChI=1S/C8H17NO2/c1-6(2)4-7(9-3)5-8(10)11/h6-7,9H,4-5H2,1-3H3,(H,10,11). The summed E-state index contributed by atoms with van der Waals surface area (Å²) in [7, 11) is 1.80. The number of nitrogens with one attached hydrogen (secondary N) is 1. The molecule has 2 N–H and O–H groups in total. The van der Waals surface area contributed by atoms with Crippen LogP contribution < -0.4 is 5.32 Å². The molecule has 0 bridgehead atoms. The molecule has 0 aliphatic heterocycles. The second-order valence-corrected chi connectivity index (χ2v) is 3.21. The van der Waals surface area contributed by atoms with Gasteiger partial charge in [-0.15, -0.1) is 0 Å². The third-order valence-electron chi connectivity index (χ3n) is 1.59. The SMILES string of the molecule is CNC(CC(=O)O)CC(C)C. The monoisotopic (exact) mass is 159 g/mol. The molecule has 0 aromatic heterocycles. The van der Waals surface area contributed by atoms with Crippen LogP contribution in [0.4, 0.5) is 0 Å². The fourth-order valence-electron chi connectivity index (χ4n) is 1.08. The number of carboxylic acid groups (broad SMARTS) is 1. The van der Waals surface area contributed by atoms with Crippen LogP contribution in [-0.2, 0) is 4.79 Å². The highest BCUT2D eigenvalue weighted by atomic mass is 16.4. The molecule has 0 aromatic rings. The summed E-state index contributed by atoms with van der Waals surface area (Å²) in [6.45, 7) is 4.18. The van der Waals surface area contributed by atoms with E-state index in [-0.39, 0.29) is 12.5 Å². The Labute approximate surface area is 67.8 Å². The summed E-state index contributed by atoms with van der Waals surface area (Å²) in [5.74, 6) is -0.184. The van der Waals surface area contributed by atoms with Gasteiger partial charge in [-0.25, -0.2) is 0 Å². The predicted octanol–water partition coefficient (Wildman–Crippen LogP) is 1.10. The molecule has 66 valence electrons. The number of hydrogen-bond donors (Lipinski definition) is 2. The molecule has 0 heterocycles. The lowest BCUT2D eigenvalue weighted by Gasteiger charge is -2.15.